The second-order valence-electron chi connectivity index (χ2n) is 4.70. The molecule has 1 N–H and O–H groups in total. The Morgan fingerprint density at radius 2 is 2.21 bits per heavy atom. The SMILES string of the molecule is CC1(C)C(=O)NCCN1c1nc(Cl)ccc1[N+](=O)[O-]. The highest BCUT2D eigenvalue weighted by Gasteiger charge is 2.41. The first-order valence-electron chi connectivity index (χ1n) is 5.71. The molecule has 1 aromatic heterocycles. The van der Waals surface area contributed by atoms with Crippen LogP contribution in [0.2, 0.25) is 5.15 Å². The zero-order valence-corrected chi connectivity index (χ0v) is 11.3. The van der Waals surface area contributed by atoms with Crippen molar-refractivity contribution >= 4 is 29.0 Å². The first-order valence-corrected chi connectivity index (χ1v) is 6.08. The van der Waals surface area contributed by atoms with Crippen LogP contribution in [0.15, 0.2) is 12.1 Å². The minimum Gasteiger partial charge on any atom is -0.352 e. The van der Waals surface area contributed by atoms with Gasteiger partial charge < -0.3 is 10.2 Å². The molecule has 0 radical (unpaired) electrons. The average Bonchev–Trinajstić information content (AvgIpc) is 2.32. The van der Waals surface area contributed by atoms with Gasteiger partial charge in [-0.25, -0.2) is 4.98 Å². The van der Waals surface area contributed by atoms with Crippen LogP contribution >= 0.6 is 11.6 Å². The van der Waals surface area contributed by atoms with Crippen molar-refractivity contribution in [2.75, 3.05) is 18.0 Å². The number of anilines is 1. The summed E-state index contributed by atoms with van der Waals surface area (Å²) in [7, 11) is 0. The molecule has 19 heavy (non-hydrogen) atoms. The number of halogens is 1. The molecule has 0 saturated carbocycles. The van der Waals surface area contributed by atoms with E-state index in [1.54, 1.807) is 18.7 Å². The first-order chi connectivity index (χ1) is 8.84. The molecule has 0 aromatic carbocycles. The molecule has 7 nitrogen and oxygen atoms in total. The van der Waals surface area contributed by atoms with Gasteiger partial charge in [-0.15, -0.1) is 0 Å². The Kier molecular flexibility index (Phi) is 3.32. The summed E-state index contributed by atoms with van der Waals surface area (Å²) in [6.07, 6.45) is 0. The Labute approximate surface area is 114 Å². The lowest BCUT2D eigenvalue weighted by Gasteiger charge is -2.41. The van der Waals surface area contributed by atoms with Crippen molar-refractivity contribution in [3.8, 4) is 0 Å². The van der Waals surface area contributed by atoms with Crippen LogP contribution in [0.25, 0.3) is 0 Å². The lowest BCUT2D eigenvalue weighted by Crippen LogP contribution is -2.62. The van der Waals surface area contributed by atoms with E-state index in [1.165, 1.54) is 12.1 Å². The second-order valence-corrected chi connectivity index (χ2v) is 5.09. The lowest BCUT2D eigenvalue weighted by atomic mass is 9.99. The maximum Gasteiger partial charge on any atom is 0.311 e. The lowest BCUT2D eigenvalue weighted by molar-refractivity contribution is -0.384. The molecule has 8 heteroatoms. The highest BCUT2D eigenvalue weighted by atomic mass is 35.5. The summed E-state index contributed by atoms with van der Waals surface area (Å²) in [5, 5.41) is 13.9. The molecule has 0 bridgehead atoms. The molecule has 1 aromatic rings. The van der Waals surface area contributed by atoms with Crippen molar-refractivity contribution in [3.05, 3.63) is 27.4 Å². The number of hydrogen-bond donors (Lipinski definition) is 1. The number of aromatic nitrogens is 1. The number of nitrogens with one attached hydrogen (secondary N) is 1. The van der Waals surface area contributed by atoms with Gasteiger partial charge >= 0.3 is 5.69 Å². The van der Waals surface area contributed by atoms with Crippen LogP contribution in [0, 0.1) is 10.1 Å². The summed E-state index contributed by atoms with van der Waals surface area (Å²) in [6.45, 7) is 4.22. The molecule has 1 fully saturated rings. The standard InChI is InChI=1S/C11H13ClN4O3/c1-11(2)10(17)13-5-6-15(11)9-7(16(18)19)3-4-8(12)14-9/h3-4H,5-6H2,1-2H3,(H,13,17). The van der Waals surface area contributed by atoms with E-state index in [4.69, 9.17) is 11.6 Å². The van der Waals surface area contributed by atoms with Crippen molar-refractivity contribution in [1.29, 1.82) is 0 Å². The molecule has 102 valence electrons. The summed E-state index contributed by atoms with van der Waals surface area (Å²) in [5.74, 6) is -0.0767. The van der Waals surface area contributed by atoms with Crippen molar-refractivity contribution in [2.24, 2.45) is 0 Å². The Hall–Kier alpha value is -1.89. The fourth-order valence-electron chi connectivity index (χ4n) is 2.03. The van der Waals surface area contributed by atoms with E-state index in [9.17, 15) is 14.9 Å². The summed E-state index contributed by atoms with van der Waals surface area (Å²) >= 11 is 5.81. The minimum absolute atomic E-state index is 0.123. The van der Waals surface area contributed by atoms with Crippen LogP contribution in [0.4, 0.5) is 11.5 Å². The van der Waals surface area contributed by atoms with Crippen LogP contribution in [0.5, 0.6) is 0 Å². The monoisotopic (exact) mass is 284 g/mol. The third kappa shape index (κ3) is 2.33. The Morgan fingerprint density at radius 1 is 1.53 bits per heavy atom. The summed E-state index contributed by atoms with van der Waals surface area (Å²) in [4.78, 5) is 28.0. The van der Waals surface area contributed by atoms with Crippen LogP contribution in [0.3, 0.4) is 0 Å². The van der Waals surface area contributed by atoms with Gasteiger partial charge in [0.1, 0.15) is 10.7 Å². The number of amides is 1. The van der Waals surface area contributed by atoms with Gasteiger partial charge in [-0.2, -0.15) is 0 Å². The molecule has 1 aliphatic heterocycles. The number of rotatable bonds is 2. The molecule has 2 rings (SSSR count). The molecule has 2 heterocycles. The number of nitrogens with zero attached hydrogens (tertiary/aromatic N) is 3. The van der Waals surface area contributed by atoms with Gasteiger partial charge in [0.05, 0.1) is 4.92 Å². The van der Waals surface area contributed by atoms with E-state index in [1.807, 2.05) is 0 Å². The van der Waals surface area contributed by atoms with E-state index in [2.05, 4.69) is 10.3 Å². The Bertz CT molecular complexity index is 547. The van der Waals surface area contributed by atoms with E-state index in [0.29, 0.717) is 13.1 Å². The number of carbonyl (C=O) groups excluding carboxylic acids is 1. The second kappa shape index (κ2) is 4.65. The van der Waals surface area contributed by atoms with Gasteiger partial charge in [0, 0.05) is 19.2 Å². The van der Waals surface area contributed by atoms with E-state index < -0.39 is 10.5 Å². The number of pyridine rings is 1. The van der Waals surface area contributed by atoms with Crippen molar-refractivity contribution in [1.82, 2.24) is 10.3 Å². The van der Waals surface area contributed by atoms with Crippen LogP contribution < -0.4 is 10.2 Å². The summed E-state index contributed by atoms with van der Waals surface area (Å²) < 4.78 is 0. The zero-order chi connectivity index (χ0) is 14.2. The van der Waals surface area contributed by atoms with E-state index in [-0.39, 0.29) is 22.6 Å². The van der Waals surface area contributed by atoms with E-state index >= 15 is 0 Å². The quantitative estimate of drug-likeness (QED) is 0.503. The number of piperazine rings is 1. The number of nitro groups is 1. The third-order valence-corrected chi connectivity index (χ3v) is 3.33. The Balaban J connectivity index is 2.54. The molecular formula is C11H13ClN4O3. The summed E-state index contributed by atoms with van der Waals surface area (Å²) in [6, 6.07) is 2.66. The van der Waals surface area contributed by atoms with Gasteiger partial charge in [-0.05, 0) is 19.9 Å². The normalized spacial score (nSPS) is 18.1. The van der Waals surface area contributed by atoms with Gasteiger partial charge in [0.2, 0.25) is 11.7 Å². The largest absolute Gasteiger partial charge is 0.352 e. The average molecular weight is 285 g/mol. The molecule has 0 aliphatic carbocycles. The van der Waals surface area contributed by atoms with E-state index in [0.717, 1.165) is 0 Å². The topological polar surface area (TPSA) is 88.4 Å². The molecule has 0 atom stereocenters. The highest BCUT2D eigenvalue weighted by Crippen LogP contribution is 2.33. The highest BCUT2D eigenvalue weighted by molar-refractivity contribution is 6.29. The maximum atomic E-state index is 11.9. The van der Waals surface area contributed by atoms with Crippen molar-refractivity contribution in [2.45, 2.75) is 19.4 Å². The van der Waals surface area contributed by atoms with Crippen LogP contribution in [-0.4, -0.2) is 34.4 Å². The van der Waals surface area contributed by atoms with Gasteiger partial charge in [-0.1, -0.05) is 11.6 Å². The Morgan fingerprint density at radius 3 is 2.84 bits per heavy atom. The number of hydrogen-bond acceptors (Lipinski definition) is 5. The van der Waals surface area contributed by atoms with Crippen molar-refractivity contribution < 1.29 is 9.72 Å². The third-order valence-electron chi connectivity index (χ3n) is 3.12. The molecular weight excluding hydrogens is 272 g/mol. The number of carbonyl (C=O) groups is 1. The molecule has 0 spiro atoms. The molecule has 1 aliphatic rings. The minimum atomic E-state index is -0.916. The van der Waals surface area contributed by atoms with Crippen molar-refractivity contribution in [3.63, 3.8) is 0 Å². The first kappa shape index (κ1) is 13.5. The van der Waals surface area contributed by atoms with Gasteiger partial charge in [-0.3, -0.25) is 14.9 Å². The zero-order valence-electron chi connectivity index (χ0n) is 10.5. The smallest absolute Gasteiger partial charge is 0.311 e. The molecule has 0 unspecified atom stereocenters. The van der Waals surface area contributed by atoms with Crippen LogP contribution in [0.1, 0.15) is 13.8 Å². The fraction of sp³-hybridized carbons (Fsp3) is 0.455. The predicted octanol–water partition coefficient (Wildman–Crippen LogP) is 1.36. The fourth-order valence-corrected chi connectivity index (χ4v) is 2.17. The molecule has 1 amide bonds. The predicted molar refractivity (Wildman–Crippen MR) is 70.3 cm³/mol. The summed E-state index contributed by atoms with van der Waals surface area (Å²) in [5.41, 5.74) is -1.08. The van der Waals surface area contributed by atoms with Gasteiger partial charge in [0.25, 0.3) is 0 Å². The molecule has 1 saturated heterocycles. The van der Waals surface area contributed by atoms with Crippen LogP contribution in [-0.2, 0) is 4.79 Å². The van der Waals surface area contributed by atoms with Gasteiger partial charge in [0.15, 0.2) is 0 Å². The maximum absolute atomic E-state index is 11.9.